The number of fused-ring (bicyclic) bond motifs is 4. The number of hydrogen-bond acceptors (Lipinski definition) is 4. The second-order valence-corrected chi connectivity index (χ2v) is 12.4. The minimum atomic E-state index is -2.61. The summed E-state index contributed by atoms with van der Waals surface area (Å²) in [7, 11) is 0. The average molecular weight is 816 g/mol. The average Bonchev–Trinajstić information content (AvgIpc) is 3.16. The number of aryl methyl sites for hydroxylation is 3. The molecule has 1 radical (unpaired) electrons. The number of aromatic nitrogens is 2. The fourth-order valence-corrected chi connectivity index (χ4v) is 5.78. The van der Waals surface area contributed by atoms with Crippen LogP contribution in [0.3, 0.4) is 0 Å². The fourth-order valence-electron chi connectivity index (χ4n) is 5.78. The van der Waals surface area contributed by atoms with Crippen molar-refractivity contribution >= 4 is 23.1 Å². The Labute approximate surface area is 313 Å². The molecule has 6 aromatic rings. The summed E-state index contributed by atoms with van der Waals surface area (Å²) in [5, 5.41) is 0. The Hall–Kier alpha value is -4.51. The molecule has 4 heterocycles. The summed E-state index contributed by atoms with van der Waals surface area (Å²) in [4.78, 5) is 8.59. The summed E-state index contributed by atoms with van der Waals surface area (Å²) in [6, 6.07) is 33.0. The predicted octanol–water partition coefficient (Wildman–Crippen LogP) is 8.34. The van der Waals surface area contributed by atoms with Gasteiger partial charge in [0.1, 0.15) is 11.5 Å². The minimum Gasteiger partial charge on any atom is -0.503 e. The van der Waals surface area contributed by atoms with Crippen LogP contribution in [0.4, 0.5) is 0 Å². The Balaban J connectivity index is 0.000000208. The SMILES string of the molecule is [2H]C([2H])([2H])c1c[c-]c(-c2cc(C([2H])([2H])[2H])c(C([2H])([2H])[2H])cn2)cc1.[2H]C([2H])(c1ccnc(-c2[c-]cc3c4c2Oc2ccccc2B4c2ccccc2O3)c1)C(C)(C)C.[Ir]. The molecule has 0 fully saturated rings. The van der Waals surface area contributed by atoms with Gasteiger partial charge in [-0.25, -0.2) is 0 Å². The quantitative estimate of drug-likeness (QED) is 0.133. The van der Waals surface area contributed by atoms with Gasteiger partial charge in [-0.1, -0.05) is 98.3 Å². The predicted molar refractivity (Wildman–Crippen MR) is 192 cm³/mol. The van der Waals surface area contributed by atoms with E-state index in [1.807, 2.05) is 69.3 Å². The molecule has 4 nitrogen and oxygen atoms in total. The number of pyridine rings is 2. The van der Waals surface area contributed by atoms with E-state index in [1.54, 1.807) is 12.3 Å². The number of para-hydroxylation sites is 2. The van der Waals surface area contributed by atoms with Crippen LogP contribution in [-0.4, -0.2) is 16.7 Å². The van der Waals surface area contributed by atoms with Gasteiger partial charge >= 0.3 is 0 Å². The van der Waals surface area contributed by atoms with Crippen LogP contribution in [0.25, 0.3) is 22.5 Å². The van der Waals surface area contributed by atoms with Crippen molar-refractivity contribution in [2.45, 2.75) is 47.7 Å². The second-order valence-electron chi connectivity index (χ2n) is 12.4. The van der Waals surface area contributed by atoms with Crippen molar-refractivity contribution in [2.75, 3.05) is 0 Å². The van der Waals surface area contributed by atoms with Gasteiger partial charge in [0.15, 0.2) is 0 Å². The van der Waals surface area contributed by atoms with Gasteiger partial charge in [-0.3, -0.25) is 0 Å². The minimum absolute atomic E-state index is 0. The molecular formula is C42H37BIrN2O2-2. The molecule has 2 aliphatic heterocycles. The largest absolute Gasteiger partial charge is 0.503 e. The van der Waals surface area contributed by atoms with Crippen LogP contribution in [0.2, 0.25) is 0 Å². The van der Waals surface area contributed by atoms with E-state index in [0.29, 0.717) is 28.1 Å². The Kier molecular flexibility index (Phi) is 6.26. The molecule has 0 atom stereocenters. The van der Waals surface area contributed by atoms with Crippen LogP contribution in [0, 0.1) is 38.1 Å². The van der Waals surface area contributed by atoms with Crippen LogP contribution < -0.4 is 25.9 Å². The first-order chi connectivity index (χ1) is 27.1. The fraction of sp³-hybridized carbons (Fsp3) is 0.190. The first-order valence-corrected chi connectivity index (χ1v) is 15.2. The normalized spacial score (nSPS) is 16.6. The van der Waals surface area contributed by atoms with Crippen molar-refractivity contribution in [3.8, 4) is 45.5 Å². The molecule has 2 aliphatic rings. The molecule has 0 N–H and O–H groups in total. The zero-order valence-electron chi connectivity index (χ0n) is 37.4. The molecule has 0 saturated carbocycles. The van der Waals surface area contributed by atoms with Gasteiger partial charge in [-0.15, -0.1) is 47.5 Å². The van der Waals surface area contributed by atoms with E-state index in [0.717, 1.165) is 39.8 Å². The van der Waals surface area contributed by atoms with Gasteiger partial charge in [-0.2, -0.15) is 0 Å². The van der Waals surface area contributed by atoms with E-state index >= 15 is 0 Å². The number of benzene rings is 4. The summed E-state index contributed by atoms with van der Waals surface area (Å²) in [5.41, 5.74) is 4.54. The third kappa shape index (κ3) is 6.74. The van der Waals surface area contributed by atoms with Crippen LogP contribution >= 0.6 is 0 Å². The first-order valence-electron chi connectivity index (χ1n) is 20.7. The smallest absolute Gasteiger partial charge is 0.239 e. The van der Waals surface area contributed by atoms with E-state index in [9.17, 15) is 0 Å². The van der Waals surface area contributed by atoms with E-state index < -0.39 is 32.3 Å². The van der Waals surface area contributed by atoms with Crippen LogP contribution in [0.15, 0.2) is 103 Å². The van der Waals surface area contributed by atoms with E-state index in [1.165, 1.54) is 24.3 Å². The topological polar surface area (TPSA) is 44.2 Å². The van der Waals surface area contributed by atoms with Gasteiger partial charge in [-0.05, 0) is 71.6 Å². The molecule has 0 bridgehead atoms. The third-order valence-electron chi connectivity index (χ3n) is 7.79. The van der Waals surface area contributed by atoms with Crippen molar-refractivity contribution in [2.24, 2.45) is 5.41 Å². The van der Waals surface area contributed by atoms with Crippen molar-refractivity contribution in [1.82, 2.24) is 9.97 Å². The zero-order valence-corrected chi connectivity index (χ0v) is 28.8. The number of rotatable bonds is 3. The van der Waals surface area contributed by atoms with Crippen LogP contribution in [-0.2, 0) is 26.5 Å². The summed E-state index contributed by atoms with van der Waals surface area (Å²) in [6.45, 7) is -1.79. The standard InChI is InChI=1S/C28H23BNO2.C14H14N.Ir/c1-28(2,3)17-18-14-15-30-22(16-18)19-12-13-25-26-27(19)32-24-11-7-5-9-21(24)29(26)20-8-4-6-10-23(20)31-25;1-10-4-6-13(7-5-10)14-8-11(2)12(3)9-15-14;/h4-11,13-16H,17H2,1-3H3;4-6,8-9H,1-3H3;/q2*-1;/i17D2;1D3,2D3,3D3;. The van der Waals surface area contributed by atoms with Crippen LogP contribution in [0.1, 0.15) is 58.1 Å². The molecule has 0 spiro atoms. The van der Waals surface area contributed by atoms with Gasteiger partial charge in [0.05, 0.1) is 0 Å². The zero-order chi connectivity index (χ0) is 42.0. The van der Waals surface area contributed by atoms with Gasteiger partial charge in [0.2, 0.25) is 6.71 Å². The number of ether oxygens (including phenoxy) is 2. The maximum atomic E-state index is 8.73. The maximum Gasteiger partial charge on any atom is 0.239 e. The molecule has 8 rings (SSSR count). The maximum absolute atomic E-state index is 8.73. The number of hydrogen-bond donors (Lipinski definition) is 0. The van der Waals surface area contributed by atoms with Crippen molar-refractivity contribution < 1.29 is 44.7 Å². The van der Waals surface area contributed by atoms with E-state index in [2.05, 4.69) is 34.2 Å². The van der Waals surface area contributed by atoms with Crippen molar-refractivity contribution in [3.05, 3.63) is 138 Å². The van der Waals surface area contributed by atoms with Gasteiger partial charge in [0.25, 0.3) is 0 Å². The monoisotopic (exact) mass is 816 g/mol. The Morgan fingerprint density at radius 3 is 2.21 bits per heavy atom. The van der Waals surface area contributed by atoms with Crippen molar-refractivity contribution in [1.29, 1.82) is 0 Å². The molecule has 0 unspecified atom stereocenters. The second kappa shape index (κ2) is 13.5. The summed E-state index contributed by atoms with van der Waals surface area (Å²) in [5.74, 6) is 3.02. The molecule has 0 saturated heterocycles. The molecule has 0 aliphatic carbocycles. The molecular weight excluding hydrogens is 768 g/mol. The Morgan fingerprint density at radius 1 is 0.771 bits per heavy atom. The summed E-state index contributed by atoms with van der Waals surface area (Å²) >= 11 is 0. The van der Waals surface area contributed by atoms with E-state index in [-0.39, 0.29) is 49.2 Å². The van der Waals surface area contributed by atoms with Gasteiger partial charge < -0.3 is 19.4 Å². The Bertz CT molecular complexity index is 2510. The van der Waals surface area contributed by atoms with E-state index in [4.69, 9.17) is 24.6 Å². The summed E-state index contributed by atoms with van der Waals surface area (Å²) < 4.78 is 97.1. The Morgan fingerprint density at radius 2 is 1.52 bits per heavy atom. The molecule has 2 aromatic heterocycles. The first kappa shape index (κ1) is 22.2. The molecule has 48 heavy (non-hydrogen) atoms. The van der Waals surface area contributed by atoms with Crippen molar-refractivity contribution in [3.63, 3.8) is 0 Å². The molecule has 6 heteroatoms. The number of nitrogens with zero attached hydrogens (tertiary/aromatic N) is 2. The summed E-state index contributed by atoms with van der Waals surface area (Å²) in [6.07, 6.45) is 1.15. The molecule has 241 valence electrons. The molecule has 4 aromatic carbocycles. The third-order valence-corrected chi connectivity index (χ3v) is 7.79. The van der Waals surface area contributed by atoms with Gasteiger partial charge in [0, 0.05) is 59.1 Å². The molecule has 0 amide bonds. The van der Waals surface area contributed by atoms with Crippen LogP contribution in [0.5, 0.6) is 23.0 Å².